The zero-order valence-corrected chi connectivity index (χ0v) is 19.7. The first kappa shape index (κ1) is 22.9. The number of hydrogen-bond donors (Lipinski definition) is 1. The normalized spacial score (nSPS) is 17.0. The van der Waals surface area contributed by atoms with E-state index < -0.39 is 21.7 Å². The summed E-state index contributed by atoms with van der Waals surface area (Å²) in [4.78, 5) is 29.1. The van der Waals surface area contributed by atoms with Crippen LogP contribution in [0, 0.1) is 5.41 Å². The largest absolute Gasteiger partial charge is 0.490 e. The molecule has 33 heavy (non-hydrogen) atoms. The van der Waals surface area contributed by atoms with Gasteiger partial charge in [0.1, 0.15) is 4.88 Å². The summed E-state index contributed by atoms with van der Waals surface area (Å²) in [5.41, 5.74) is 0.406. The number of rotatable bonds is 5. The fraction of sp³-hybridized carbons (Fsp3) is 0.150. The standard InChI is InChI=1S/C20H16N4O6S3/c1-3-29-14-10-11(6-7-13(14)30-18(26)15-5-4-8-31-15)9-12-16(21)24-19(22-17(12)25)32-20(23-24)33(2,27)28/h4-10,21H,3H2,1-2H3/b12-9+,21-16?. The Balaban J connectivity index is 1.64. The van der Waals surface area contributed by atoms with E-state index in [9.17, 15) is 18.0 Å². The number of hydrazone groups is 1. The van der Waals surface area contributed by atoms with Crippen molar-refractivity contribution in [2.45, 2.75) is 6.92 Å². The molecule has 1 N–H and O–H groups in total. The van der Waals surface area contributed by atoms with E-state index in [0.29, 0.717) is 28.8 Å². The molecular formula is C20H16N4O6S3. The molecule has 1 aromatic heterocycles. The van der Waals surface area contributed by atoms with E-state index in [1.807, 2.05) is 0 Å². The highest BCUT2D eigenvalue weighted by Gasteiger charge is 2.38. The Labute approximate surface area is 197 Å². The second-order valence-corrected chi connectivity index (χ2v) is 10.8. The summed E-state index contributed by atoms with van der Waals surface area (Å²) in [6, 6.07) is 8.08. The van der Waals surface area contributed by atoms with Crippen LogP contribution < -0.4 is 9.47 Å². The lowest BCUT2D eigenvalue weighted by Crippen LogP contribution is -2.35. The molecule has 4 rings (SSSR count). The summed E-state index contributed by atoms with van der Waals surface area (Å²) in [6.07, 6.45) is 2.40. The summed E-state index contributed by atoms with van der Waals surface area (Å²) >= 11 is 1.97. The van der Waals surface area contributed by atoms with E-state index in [1.165, 1.54) is 23.5 Å². The number of hydrogen-bond acceptors (Lipinski definition) is 10. The Kier molecular flexibility index (Phi) is 6.19. The number of amides is 1. The Morgan fingerprint density at radius 1 is 1.27 bits per heavy atom. The first-order valence-electron chi connectivity index (χ1n) is 9.40. The van der Waals surface area contributed by atoms with Crippen LogP contribution in [-0.2, 0) is 14.6 Å². The lowest BCUT2D eigenvalue weighted by atomic mass is 10.1. The average molecular weight is 505 g/mol. The maximum absolute atomic E-state index is 12.5. The third-order valence-corrected chi connectivity index (χ3v) is 7.68. The van der Waals surface area contributed by atoms with Crippen molar-refractivity contribution in [2.75, 3.05) is 12.9 Å². The molecule has 0 bridgehead atoms. The van der Waals surface area contributed by atoms with E-state index in [4.69, 9.17) is 14.9 Å². The van der Waals surface area contributed by atoms with Crippen LogP contribution in [0.1, 0.15) is 22.2 Å². The van der Waals surface area contributed by atoms with Gasteiger partial charge < -0.3 is 9.47 Å². The van der Waals surface area contributed by atoms with Gasteiger partial charge in [-0.2, -0.15) is 10.0 Å². The van der Waals surface area contributed by atoms with Crippen molar-refractivity contribution in [3.8, 4) is 11.5 Å². The third-order valence-electron chi connectivity index (χ3n) is 4.26. The Bertz CT molecular complexity index is 1360. The van der Waals surface area contributed by atoms with E-state index in [0.717, 1.165) is 11.3 Å². The van der Waals surface area contributed by atoms with E-state index in [-0.39, 0.29) is 32.5 Å². The molecule has 13 heteroatoms. The number of nitrogens with one attached hydrogen (secondary N) is 1. The fourth-order valence-electron chi connectivity index (χ4n) is 2.80. The van der Waals surface area contributed by atoms with Crippen LogP contribution in [0.25, 0.3) is 6.08 Å². The van der Waals surface area contributed by atoms with Crippen molar-refractivity contribution >= 4 is 66.3 Å². The Morgan fingerprint density at radius 2 is 2.06 bits per heavy atom. The first-order chi connectivity index (χ1) is 15.7. The minimum absolute atomic E-state index is 0.00779. The summed E-state index contributed by atoms with van der Waals surface area (Å²) in [5.74, 6) is -1.03. The number of amidine groups is 2. The van der Waals surface area contributed by atoms with Gasteiger partial charge in [-0.05, 0) is 53.9 Å². The predicted molar refractivity (Wildman–Crippen MR) is 127 cm³/mol. The lowest BCUT2D eigenvalue weighted by molar-refractivity contribution is -0.114. The number of aliphatic imine (C=N–C) groups is 1. The molecule has 1 amide bonds. The van der Waals surface area contributed by atoms with Crippen LogP contribution in [-0.4, -0.2) is 53.5 Å². The van der Waals surface area contributed by atoms with Gasteiger partial charge >= 0.3 is 5.97 Å². The second kappa shape index (κ2) is 8.92. The number of thioether (sulfide) groups is 1. The minimum atomic E-state index is -3.62. The van der Waals surface area contributed by atoms with Crippen molar-refractivity contribution in [3.63, 3.8) is 0 Å². The molecule has 0 atom stereocenters. The molecule has 2 aliphatic heterocycles. The molecule has 0 unspecified atom stereocenters. The number of benzene rings is 1. The molecule has 0 saturated heterocycles. The highest BCUT2D eigenvalue weighted by Crippen LogP contribution is 2.33. The number of thiophene rings is 1. The summed E-state index contributed by atoms with van der Waals surface area (Å²) in [6.45, 7) is 2.08. The van der Waals surface area contributed by atoms with Crippen LogP contribution in [0.4, 0.5) is 0 Å². The Hall–Kier alpha value is -3.29. The molecule has 0 saturated carbocycles. The lowest BCUT2D eigenvalue weighted by Gasteiger charge is -2.20. The van der Waals surface area contributed by atoms with Crippen LogP contribution in [0.3, 0.4) is 0 Å². The number of fused-ring (bicyclic) bond motifs is 1. The molecule has 10 nitrogen and oxygen atoms in total. The van der Waals surface area contributed by atoms with Gasteiger partial charge in [0.15, 0.2) is 17.3 Å². The van der Waals surface area contributed by atoms with Gasteiger partial charge in [-0.3, -0.25) is 10.2 Å². The molecule has 170 valence electrons. The molecule has 0 radical (unpaired) electrons. The number of esters is 1. The molecule has 3 heterocycles. The van der Waals surface area contributed by atoms with E-state index in [1.54, 1.807) is 36.6 Å². The SMILES string of the molecule is CCOc1cc(/C=C2\C(=N)N3N=C(S(C)(=O)=O)SC3=NC2=O)ccc1OC(=O)c1cccs1. The van der Waals surface area contributed by atoms with Gasteiger partial charge in [0.05, 0.1) is 12.2 Å². The number of carbonyl (C=O) groups excluding carboxylic acids is 2. The monoisotopic (exact) mass is 504 g/mol. The van der Waals surface area contributed by atoms with Crippen LogP contribution in [0.2, 0.25) is 0 Å². The molecule has 0 aliphatic carbocycles. The highest BCUT2D eigenvalue weighted by atomic mass is 32.3. The molecule has 2 aromatic rings. The van der Waals surface area contributed by atoms with Gasteiger partial charge in [-0.1, -0.05) is 12.1 Å². The number of nitrogens with zero attached hydrogens (tertiary/aromatic N) is 3. The van der Waals surface area contributed by atoms with E-state index >= 15 is 0 Å². The molecule has 0 fully saturated rings. The minimum Gasteiger partial charge on any atom is -0.490 e. The van der Waals surface area contributed by atoms with Crippen molar-refractivity contribution < 1.29 is 27.5 Å². The third kappa shape index (κ3) is 4.74. The maximum atomic E-state index is 12.5. The second-order valence-electron chi connectivity index (χ2n) is 6.66. The molecular weight excluding hydrogens is 488 g/mol. The predicted octanol–water partition coefficient (Wildman–Crippen LogP) is 2.99. The van der Waals surface area contributed by atoms with Crippen molar-refractivity contribution in [2.24, 2.45) is 10.1 Å². The van der Waals surface area contributed by atoms with Gasteiger partial charge in [0.25, 0.3) is 5.91 Å². The zero-order chi connectivity index (χ0) is 23.8. The highest BCUT2D eigenvalue weighted by molar-refractivity contribution is 8.42. The summed E-state index contributed by atoms with van der Waals surface area (Å²) < 4.78 is 34.3. The zero-order valence-electron chi connectivity index (χ0n) is 17.3. The average Bonchev–Trinajstić information content (AvgIpc) is 3.43. The van der Waals surface area contributed by atoms with Crippen LogP contribution >= 0.6 is 23.1 Å². The molecule has 2 aliphatic rings. The van der Waals surface area contributed by atoms with Gasteiger partial charge in [-0.15, -0.1) is 16.4 Å². The maximum Gasteiger partial charge on any atom is 0.353 e. The van der Waals surface area contributed by atoms with E-state index in [2.05, 4.69) is 10.1 Å². The van der Waals surface area contributed by atoms with Crippen molar-refractivity contribution in [1.29, 1.82) is 5.41 Å². The number of sulfone groups is 1. The number of carbonyl (C=O) groups is 2. The van der Waals surface area contributed by atoms with Crippen LogP contribution in [0.5, 0.6) is 11.5 Å². The van der Waals surface area contributed by atoms with Gasteiger partial charge in [-0.25, -0.2) is 13.2 Å². The van der Waals surface area contributed by atoms with Gasteiger partial charge in [0, 0.05) is 6.26 Å². The Morgan fingerprint density at radius 3 is 2.73 bits per heavy atom. The smallest absolute Gasteiger partial charge is 0.353 e. The molecule has 0 spiro atoms. The van der Waals surface area contributed by atoms with Crippen molar-refractivity contribution in [3.05, 3.63) is 51.7 Å². The molecule has 1 aromatic carbocycles. The summed E-state index contributed by atoms with van der Waals surface area (Å²) in [7, 11) is -3.62. The quantitative estimate of drug-likeness (QED) is 0.372. The fourth-order valence-corrected chi connectivity index (χ4v) is 5.09. The first-order valence-corrected chi connectivity index (χ1v) is 13.0. The van der Waals surface area contributed by atoms with Crippen molar-refractivity contribution in [1.82, 2.24) is 5.01 Å². The summed E-state index contributed by atoms with van der Waals surface area (Å²) in [5, 5.41) is 15.0. The number of ether oxygens (including phenoxy) is 2. The van der Waals surface area contributed by atoms with Gasteiger partial charge in [0.2, 0.25) is 19.4 Å². The van der Waals surface area contributed by atoms with Crippen LogP contribution in [0.15, 0.2) is 51.4 Å². The topological polar surface area (TPSA) is 139 Å².